The summed E-state index contributed by atoms with van der Waals surface area (Å²) in [7, 11) is 0. The van der Waals surface area contributed by atoms with E-state index >= 15 is 0 Å². The zero-order chi connectivity index (χ0) is 28.8. The van der Waals surface area contributed by atoms with Gasteiger partial charge in [0.2, 0.25) is 17.6 Å². The highest BCUT2D eigenvalue weighted by atomic mass is 16.2. The molecule has 0 aromatic rings. The smallest absolute Gasteiger partial charge is 0.315 e. The molecular formula is C28H47N5O5. The molecular weight excluding hydrogens is 486 g/mol. The lowest BCUT2D eigenvalue weighted by Crippen LogP contribution is -2.61. The molecule has 0 radical (unpaired) electrons. The molecule has 1 spiro atoms. The SMILES string of the molecule is CC(C)(C)NC(=O)N[C@H](C(=O)N1CC2(C[C@H]1C(=O)NC(CC1CCC1)C(=O)C(N)=O)CC2(C)C)C(C)(C)C. The van der Waals surface area contributed by atoms with E-state index in [2.05, 4.69) is 29.8 Å². The first kappa shape index (κ1) is 29.9. The van der Waals surface area contributed by atoms with E-state index < -0.39 is 52.7 Å². The molecule has 2 unspecified atom stereocenters. The van der Waals surface area contributed by atoms with E-state index in [1.165, 1.54) is 0 Å². The summed E-state index contributed by atoms with van der Waals surface area (Å²) in [5, 5.41) is 8.47. The summed E-state index contributed by atoms with van der Waals surface area (Å²) in [5.74, 6) is -2.41. The Hall–Kier alpha value is -2.65. The monoisotopic (exact) mass is 533 g/mol. The fourth-order valence-corrected chi connectivity index (χ4v) is 5.92. The van der Waals surface area contributed by atoms with Gasteiger partial charge < -0.3 is 26.6 Å². The quantitative estimate of drug-likeness (QED) is 0.353. The van der Waals surface area contributed by atoms with Crippen molar-refractivity contribution in [2.75, 3.05) is 6.54 Å². The summed E-state index contributed by atoms with van der Waals surface area (Å²) in [5.41, 5.74) is 3.93. The van der Waals surface area contributed by atoms with Gasteiger partial charge >= 0.3 is 6.03 Å². The third-order valence-corrected chi connectivity index (χ3v) is 8.66. The van der Waals surface area contributed by atoms with E-state index in [9.17, 15) is 24.0 Å². The summed E-state index contributed by atoms with van der Waals surface area (Å²) in [6.45, 7) is 15.8. The van der Waals surface area contributed by atoms with Crippen LogP contribution in [0, 0.1) is 22.2 Å². The number of likely N-dealkylation sites (tertiary alicyclic amines) is 1. The maximum Gasteiger partial charge on any atom is 0.315 e. The fourth-order valence-electron chi connectivity index (χ4n) is 5.92. The zero-order valence-corrected chi connectivity index (χ0v) is 24.3. The van der Waals surface area contributed by atoms with Crippen molar-refractivity contribution in [1.29, 1.82) is 0 Å². The summed E-state index contributed by atoms with van der Waals surface area (Å²) < 4.78 is 0. The molecule has 4 atom stereocenters. The Labute approximate surface area is 226 Å². The maximum atomic E-state index is 14.1. The molecule has 3 fully saturated rings. The van der Waals surface area contributed by atoms with Gasteiger partial charge in [-0.15, -0.1) is 0 Å². The number of nitrogens with one attached hydrogen (secondary N) is 3. The van der Waals surface area contributed by atoms with Crippen molar-refractivity contribution in [3.05, 3.63) is 0 Å². The molecule has 5 amide bonds. The van der Waals surface area contributed by atoms with Gasteiger partial charge in [0.1, 0.15) is 12.1 Å². The van der Waals surface area contributed by atoms with Crippen molar-refractivity contribution in [2.24, 2.45) is 27.9 Å². The van der Waals surface area contributed by atoms with Gasteiger partial charge in [-0.1, -0.05) is 53.9 Å². The van der Waals surface area contributed by atoms with Crippen LogP contribution in [0.15, 0.2) is 0 Å². The predicted octanol–water partition coefficient (Wildman–Crippen LogP) is 2.25. The van der Waals surface area contributed by atoms with Crippen LogP contribution in [0.5, 0.6) is 0 Å². The number of hydrogen-bond acceptors (Lipinski definition) is 5. The molecule has 2 aliphatic carbocycles. The van der Waals surface area contributed by atoms with Crippen LogP contribution in [0.25, 0.3) is 0 Å². The van der Waals surface area contributed by atoms with Crippen LogP contribution in [0.2, 0.25) is 0 Å². The Balaban J connectivity index is 1.86. The van der Waals surface area contributed by atoms with Gasteiger partial charge in [0.05, 0.1) is 6.04 Å². The zero-order valence-electron chi connectivity index (χ0n) is 24.3. The number of carbonyl (C=O) groups is 5. The number of amides is 5. The topological polar surface area (TPSA) is 151 Å². The van der Waals surface area contributed by atoms with E-state index in [0.29, 0.717) is 19.4 Å². The second-order valence-corrected chi connectivity index (χ2v) is 14.5. The Morgan fingerprint density at radius 2 is 1.58 bits per heavy atom. The van der Waals surface area contributed by atoms with Crippen LogP contribution in [0.4, 0.5) is 4.79 Å². The molecule has 1 aliphatic heterocycles. The van der Waals surface area contributed by atoms with Gasteiger partial charge in [-0.05, 0) is 62.2 Å². The second-order valence-electron chi connectivity index (χ2n) is 14.5. The van der Waals surface area contributed by atoms with Crippen molar-refractivity contribution in [2.45, 2.75) is 118 Å². The molecule has 214 valence electrons. The summed E-state index contributed by atoms with van der Waals surface area (Å²) >= 11 is 0. The van der Waals surface area contributed by atoms with E-state index in [4.69, 9.17) is 5.73 Å². The van der Waals surface area contributed by atoms with Gasteiger partial charge in [-0.3, -0.25) is 19.2 Å². The number of nitrogens with zero attached hydrogens (tertiary/aromatic N) is 1. The van der Waals surface area contributed by atoms with Crippen LogP contribution < -0.4 is 21.7 Å². The first-order valence-electron chi connectivity index (χ1n) is 13.8. The largest absolute Gasteiger partial charge is 0.363 e. The number of hydrogen-bond donors (Lipinski definition) is 4. The minimum absolute atomic E-state index is 0.0385. The van der Waals surface area contributed by atoms with Gasteiger partial charge in [-0.2, -0.15) is 0 Å². The molecule has 1 saturated heterocycles. The van der Waals surface area contributed by atoms with Crippen LogP contribution in [-0.2, 0) is 19.2 Å². The molecule has 0 aromatic carbocycles. The van der Waals surface area contributed by atoms with E-state index in [1.54, 1.807) is 4.90 Å². The lowest BCUT2D eigenvalue weighted by atomic mass is 9.80. The molecule has 1 heterocycles. The molecule has 2 saturated carbocycles. The minimum atomic E-state index is -1.07. The van der Waals surface area contributed by atoms with Gasteiger partial charge in [0.25, 0.3) is 5.91 Å². The molecule has 0 bridgehead atoms. The Kier molecular flexibility index (Phi) is 7.99. The normalized spacial score (nSPS) is 26.2. The number of ketones is 1. The third-order valence-electron chi connectivity index (χ3n) is 8.66. The third kappa shape index (κ3) is 6.49. The molecule has 3 aliphatic rings. The highest BCUT2D eigenvalue weighted by Crippen LogP contribution is 2.69. The summed E-state index contributed by atoms with van der Waals surface area (Å²) in [6, 6.07) is -3.15. The van der Waals surface area contributed by atoms with Crippen LogP contribution in [0.1, 0.15) is 93.9 Å². The predicted molar refractivity (Wildman–Crippen MR) is 144 cm³/mol. The standard InChI is InChI=1S/C28H47N5O5/c1-25(2,3)20(31-24(38)32-26(4,5)6)23(37)33-15-28(14-27(28,7)8)13-18(33)22(36)30-17(19(34)21(29)35)12-16-10-9-11-16/h16-18,20H,9-15H2,1-8H3,(H2,29,35)(H,30,36)(H2,31,32,38)/t17?,18-,20+,28?/m0/s1. The number of Topliss-reactive ketones (excluding diaryl/α,β-unsaturated/α-hetero) is 1. The first-order valence-corrected chi connectivity index (χ1v) is 13.8. The number of carbonyl (C=O) groups excluding carboxylic acids is 5. The minimum Gasteiger partial charge on any atom is -0.363 e. The molecule has 10 heteroatoms. The molecule has 38 heavy (non-hydrogen) atoms. The Bertz CT molecular complexity index is 991. The number of rotatable bonds is 8. The highest BCUT2D eigenvalue weighted by Gasteiger charge is 2.67. The van der Waals surface area contributed by atoms with Gasteiger partial charge in [-0.25, -0.2) is 4.79 Å². The second kappa shape index (κ2) is 10.2. The average molecular weight is 534 g/mol. The van der Waals surface area contributed by atoms with E-state index in [-0.39, 0.29) is 22.7 Å². The summed E-state index contributed by atoms with van der Waals surface area (Å²) in [4.78, 5) is 66.4. The molecule has 10 nitrogen and oxygen atoms in total. The maximum absolute atomic E-state index is 14.1. The van der Waals surface area contributed by atoms with E-state index in [0.717, 1.165) is 25.7 Å². The number of primary amides is 1. The molecule has 5 N–H and O–H groups in total. The number of urea groups is 1. The number of nitrogens with two attached hydrogens (primary N) is 1. The molecule has 3 rings (SSSR count). The Morgan fingerprint density at radius 3 is 2.00 bits per heavy atom. The highest BCUT2D eigenvalue weighted by molar-refractivity contribution is 6.37. The van der Waals surface area contributed by atoms with Crippen LogP contribution >= 0.6 is 0 Å². The lowest BCUT2D eigenvalue weighted by Gasteiger charge is -2.36. The van der Waals surface area contributed by atoms with Crippen molar-refractivity contribution < 1.29 is 24.0 Å². The lowest BCUT2D eigenvalue weighted by molar-refractivity contribution is -0.143. The fraction of sp³-hybridized carbons (Fsp3) is 0.821. The van der Waals surface area contributed by atoms with Crippen LogP contribution in [-0.4, -0.2) is 64.6 Å². The van der Waals surface area contributed by atoms with Crippen molar-refractivity contribution in [3.8, 4) is 0 Å². The van der Waals surface area contributed by atoms with E-state index in [1.807, 2.05) is 41.5 Å². The van der Waals surface area contributed by atoms with Crippen molar-refractivity contribution >= 4 is 29.5 Å². The van der Waals surface area contributed by atoms with Gasteiger partial charge in [0.15, 0.2) is 0 Å². The van der Waals surface area contributed by atoms with Crippen molar-refractivity contribution in [3.63, 3.8) is 0 Å². The average Bonchev–Trinajstić information content (AvgIpc) is 3.05. The van der Waals surface area contributed by atoms with Gasteiger partial charge in [0, 0.05) is 12.1 Å². The Morgan fingerprint density at radius 1 is 1.00 bits per heavy atom. The molecule has 0 aromatic heterocycles. The van der Waals surface area contributed by atoms with Crippen LogP contribution in [0.3, 0.4) is 0 Å². The summed E-state index contributed by atoms with van der Waals surface area (Å²) in [6.07, 6.45) is 4.64. The first-order chi connectivity index (χ1) is 17.3. The van der Waals surface area contributed by atoms with Crippen molar-refractivity contribution in [1.82, 2.24) is 20.9 Å².